The first-order valence-corrected chi connectivity index (χ1v) is 6.60. The molecule has 1 amide bonds. The predicted molar refractivity (Wildman–Crippen MR) is 69.4 cm³/mol. The zero-order chi connectivity index (χ0) is 15.8. The molecule has 0 aromatic heterocycles. The normalized spacial score (nSPS) is 23.2. The molecule has 1 N–H and O–H groups in total. The molecule has 1 aliphatic heterocycles. The molecule has 21 heavy (non-hydrogen) atoms. The molecule has 1 aromatic rings. The van der Waals surface area contributed by atoms with Crippen molar-refractivity contribution in [2.45, 2.75) is 32.1 Å². The van der Waals surface area contributed by atoms with Gasteiger partial charge in [-0.05, 0) is 32.0 Å². The summed E-state index contributed by atoms with van der Waals surface area (Å²) >= 11 is 0. The highest BCUT2D eigenvalue weighted by Crippen LogP contribution is 2.30. The Labute approximate surface area is 119 Å². The largest absolute Gasteiger partial charge is 0.416 e. The van der Waals surface area contributed by atoms with Crippen LogP contribution in [0, 0.1) is 5.82 Å². The molecule has 1 saturated heterocycles. The van der Waals surface area contributed by atoms with Crippen LogP contribution in [-0.4, -0.2) is 36.0 Å². The minimum atomic E-state index is -4.68. The average molecular weight is 304 g/mol. The van der Waals surface area contributed by atoms with Crippen LogP contribution in [0.5, 0.6) is 0 Å². The summed E-state index contributed by atoms with van der Waals surface area (Å²) in [7, 11) is 0. The van der Waals surface area contributed by atoms with Gasteiger partial charge in [0.1, 0.15) is 5.82 Å². The number of amides is 1. The number of hydrogen-bond donors (Lipinski definition) is 1. The van der Waals surface area contributed by atoms with Gasteiger partial charge in [-0.15, -0.1) is 0 Å². The maximum Gasteiger partial charge on any atom is 0.416 e. The molecule has 3 nitrogen and oxygen atoms in total. The van der Waals surface area contributed by atoms with E-state index in [2.05, 4.69) is 5.32 Å². The maximum absolute atomic E-state index is 13.4. The summed E-state index contributed by atoms with van der Waals surface area (Å²) in [6.07, 6.45) is -4.68. The summed E-state index contributed by atoms with van der Waals surface area (Å²) in [5.41, 5.74) is -1.43. The summed E-state index contributed by atoms with van der Waals surface area (Å²) in [5, 5.41) is 3.21. The third-order valence-electron chi connectivity index (χ3n) is 3.32. The van der Waals surface area contributed by atoms with E-state index in [4.69, 9.17) is 0 Å². The van der Waals surface area contributed by atoms with Gasteiger partial charge in [-0.3, -0.25) is 4.79 Å². The standard InChI is InChI=1S/C14H16F4N2O/c1-8-6-20(7-9(2)19-8)13(21)10-3-11(14(16,17)18)5-12(15)4-10/h3-5,8-9,19H,6-7H2,1-2H3. The monoisotopic (exact) mass is 304 g/mol. The van der Waals surface area contributed by atoms with E-state index in [9.17, 15) is 22.4 Å². The van der Waals surface area contributed by atoms with Gasteiger partial charge < -0.3 is 10.2 Å². The van der Waals surface area contributed by atoms with Crippen LogP contribution in [0.15, 0.2) is 18.2 Å². The highest BCUT2D eigenvalue weighted by molar-refractivity contribution is 5.94. The molecule has 2 rings (SSSR count). The van der Waals surface area contributed by atoms with Crippen LogP contribution in [-0.2, 0) is 6.18 Å². The van der Waals surface area contributed by atoms with E-state index in [0.29, 0.717) is 25.2 Å². The third-order valence-corrected chi connectivity index (χ3v) is 3.32. The lowest BCUT2D eigenvalue weighted by atomic mass is 10.1. The van der Waals surface area contributed by atoms with Gasteiger partial charge in [0.2, 0.25) is 0 Å². The number of carbonyl (C=O) groups is 1. The second-order valence-corrected chi connectivity index (χ2v) is 5.41. The van der Waals surface area contributed by atoms with E-state index < -0.39 is 23.5 Å². The Morgan fingerprint density at radius 2 is 1.76 bits per heavy atom. The number of nitrogens with one attached hydrogen (secondary N) is 1. The lowest BCUT2D eigenvalue weighted by Gasteiger charge is -2.36. The fourth-order valence-electron chi connectivity index (χ4n) is 2.55. The quantitative estimate of drug-likeness (QED) is 0.809. The third kappa shape index (κ3) is 3.72. The fourth-order valence-corrected chi connectivity index (χ4v) is 2.55. The SMILES string of the molecule is CC1CN(C(=O)c2cc(F)cc(C(F)(F)F)c2)CC(C)N1. The Morgan fingerprint density at radius 1 is 1.19 bits per heavy atom. The Morgan fingerprint density at radius 3 is 2.29 bits per heavy atom. The van der Waals surface area contributed by atoms with Crippen LogP contribution in [0.25, 0.3) is 0 Å². The molecule has 0 bridgehead atoms. The Kier molecular flexibility index (Phi) is 4.22. The lowest BCUT2D eigenvalue weighted by Crippen LogP contribution is -2.55. The zero-order valence-corrected chi connectivity index (χ0v) is 11.7. The molecule has 1 heterocycles. The van der Waals surface area contributed by atoms with Crippen LogP contribution in [0.2, 0.25) is 0 Å². The fraction of sp³-hybridized carbons (Fsp3) is 0.500. The molecule has 7 heteroatoms. The van der Waals surface area contributed by atoms with E-state index >= 15 is 0 Å². The molecule has 0 spiro atoms. The van der Waals surface area contributed by atoms with Crippen LogP contribution >= 0.6 is 0 Å². The summed E-state index contributed by atoms with van der Waals surface area (Å²) in [5.74, 6) is -1.65. The molecule has 0 radical (unpaired) electrons. The van der Waals surface area contributed by atoms with Crippen molar-refractivity contribution in [1.29, 1.82) is 0 Å². The molecule has 116 valence electrons. The van der Waals surface area contributed by atoms with Crippen molar-refractivity contribution in [3.05, 3.63) is 35.1 Å². The molecule has 2 unspecified atom stereocenters. The van der Waals surface area contributed by atoms with E-state index in [1.807, 2.05) is 13.8 Å². The van der Waals surface area contributed by atoms with Gasteiger partial charge in [0, 0.05) is 30.7 Å². The van der Waals surface area contributed by atoms with Crippen molar-refractivity contribution < 1.29 is 22.4 Å². The second-order valence-electron chi connectivity index (χ2n) is 5.41. The van der Waals surface area contributed by atoms with Crippen molar-refractivity contribution in [2.24, 2.45) is 0 Å². The van der Waals surface area contributed by atoms with Crippen molar-refractivity contribution in [1.82, 2.24) is 10.2 Å². The molecular formula is C14H16F4N2O. The number of rotatable bonds is 1. The highest BCUT2D eigenvalue weighted by Gasteiger charge is 2.33. The number of benzene rings is 1. The Hall–Kier alpha value is -1.63. The number of alkyl halides is 3. The predicted octanol–water partition coefficient (Wildman–Crippen LogP) is 2.67. The van der Waals surface area contributed by atoms with E-state index in [0.717, 1.165) is 6.07 Å². The second kappa shape index (κ2) is 5.63. The van der Waals surface area contributed by atoms with Crippen molar-refractivity contribution >= 4 is 5.91 Å². The van der Waals surface area contributed by atoms with Crippen LogP contribution in [0.3, 0.4) is 0 Å². The van der Waals surface area contributed by atoms with Crippen LogP contribution < -0.4 is 5.32 Å². The van der Waals surface area contributed by atoms with Crippen molar-refractivity contribution in [3.63, 3.8) is 0 Å². The molecule has 2 atom stereocenters. The van der Waals surface area contributed by atoms with Gasteiger partial charge >= 0.3 is 6.18 Å². The number of hydrogen-bond acceptors (Lipinski definition) is 2. The number of nitrogens with zero attached hydrogens (tertiary/aromatic N) is 1. The van der Waals surface area contributed by atoms with Gasteiger partial charge in [-0.25, -0.2) is 4.39 Å². The first-order chi connectivity index (χ1) is 9.66. The smallest absolute Gasteiger partial charge is 0.336 e. The number of halogens is 4. The van der Waals surface area contributed by atoms with E-state index in [1.54, 1.807) is 0 Å². The maximum atomic E-state index is 13.4. The zero-order valence-electron chi connectivity index (χ0n) is 11.7. The van der Waals surface area contributed by atoms with Crippen molar-refractivity contribution in [2.75, 3.05) is 13.1 Å². The van der Waals surface area contributed by atoms with Crippen LogP contribution in [0.4, 0.5) is 17.6 Å². The Balaban J connectivity index is 2.29. The molecule has 0 aliphatic carbocycles. The molecular weight excluding hydrogens is 288 g/mol. The molecule has 0 saturated carbocycles. The summed E-state index contributed by atoms with van der Waals surface area (Å²) < 4.78 is 51.4. The molecule has 1 fully saturated rings. The molecule has 1 aliphatic rings. The van der Waals surface area contributed by atoms with Gasteiger partial charge in [-0.1, -0.05) is 0 Å². The molecule has 1 aromatic carbocycles. The lowest BCUT2D eigenvalue weighted by molar-refractivity contribution is -0.137. The van der Waals surface area contributed by atoms with Gasteiger partial charge in [0.05, 0.1) is 5.56 Å². The first kappa shape index (κ1) is 15.8. The van der Waals surface area contributed by atoms with Gasteiger partial charge in [0.15, 0.2) is 0 Å². The van der Waals surface area contributed by atoms with Gasteiger partial charge in [0.25, 0.3) is 5.91 Å². The summed E-state index contributed by atoms with van der Waals surface area (Å²) in [6.45, 7) is 4.51. The minimum Gasteiger partial charge on any atom is -0.336 e. The topological polar surface area (TPSA) is 32.3 Å². The van der Waals surface area contributed by atoms with Crippen LogP contribution in [0.1, 0.15) is 29.8 Å². The average Bonchev–Trinajstić information content (AvgIpc) is 2.35. The van der Waals surface area contributed by atoms with E-state index in [-0.39, 0.29) is 17.6 Å². The summed E-state index contributed by atoms with van der Waals surface area (Å²) in [6, 6.07) is 2.00. The van der Waals surface area contributed by atoms with Crippen molar-refractivity contribution in [3.8, 4) is 0 Å². The van der Waals surface area contributed by atoms with E-state index in [1.165, 1.54) is 4.90 Å². The first-order valence-electron chi connectivity index (χ1n) is 6.60. The highest BCUT2D eigenvalue weighted by atomic mass is 19.4. The van der Waals surface area contributed by atoms with Gasteiger partial charge in [-0.2, -0.15) is 13.2 Å². The number of piperazine rings is 1. The minimum absolute atomic E-state index is 0.0355. The Bertz CT molecular complexity index is 534. The number of carbonyl (C=O) groups excluding carboxylic acids is 1. The summed E-state index contributed by atoms with van der Waals surface area (Å²) in [4.78, 5) is 13.7.